The van der Waals surface area contributed by atoms with Crippen LogP contribution in [0.15, 0.2) is 45.2 Å². The lowest BCUT2D eigenvalue weighted by Gasteiger charge is -2.26. The minimum Gasteiger partial charge on any atom is -0.465 e. The molecule has 0 saturated carbocycles. The molecule has 3 heterocycles. The van der Waals surface area contributed by atoms with Crippen LogP contribution in [-0.2, 0) is 16.1 Å². The van der Waals surface area contributed by atoms with Crippen LogP contribution in [0.3, 0.4) is 0 Å². The molecule has 3 aromatic rings. The van der Waals surface area contributed by atoms with Crippen molar-refractivity contribution in [2.75, 3.05) is 17.8 Å². The monoisotopic (exact) mass is 359 g/mol. The highest BCUT2D eigenvalue weighted by Gasteiger charge is 2.29. The number of anilines is 1. The van der Waals surface area contributed by atoms with Crippen molar-refractivity contribution in [3.8, 4) is 0 Å². The average Bonchev–Trinajstić information content (AvgIpc) is 3.23. The predicted octanol–water partition coefficient (Wildman–Crippen LogP) is 3.92. The topological polar surface area (TPSA) is 59.8 Å². The first-order valence-electron chi connectivity index (χ1n) is 7.28. The first-order valence-corrected chi connectivity index (χ1v) is 9.08. The number of fused-ring (bicyclic) bond motifs is 2. The van der Waals surface area contributed by atoms with Gasteiger partial charge in [-0.2, -0.15) is 0 Å². The second-order valence-electron chi connectivity index (χ2n) is 5.30. The van der Waals surface area contributed by atoms with Crippen molar-refractivity contribution < 1.29 is 18.7 Å². The van der Waals surface area contributed by atoms with Gasteiger partial charge in [-0.3, -0.25) is 4.79 Å². The fourth-order valence-corrected chi connectivity index (χ4v) is 4.94. The molecule has 5 nitrogen and oxygen atoms in total. The smallest absolute Gasteiger partial charge is 0.348 e. The number of carbonyl (C=O) groups excluding carboxylic acids is 2. The highest BCUT2D eigenvalue weighted by Crippen LogP contribution is 2.43. The zero-order valence-electron chi connectivity index (χ0n) is 12.8. The van der Waals surface area contributed by atoms with E-state index in [2.05, 4.69) is 0 Å². The lowest BCUT2D eigenvalue weighted by atomic mass is 10.1. The van der Waals surface area contributed by atoms with Crippen molar-refractivity contribution in [3.05, 3.63) is 47.0 Å². The summed E-state index contributed by atoms with van der Waals surface area (Å²) in [6, 6.07) is 9.51. The summed E-state index contributed by atoms with van der Waals surface area (Å²) < 4.78 is 11.3. The van der Waals surface area contributed by atoms with Crippen molar-refractivity contribution in [1.29, 1.82) is 0 Å². The third-order valence-electron chi connectivity index (χ3n) is 3.87. The standard InChI is InChI=1S/C17H13NO4S2/c1-21-16(20)13-7-12-17(24-13)23-9-14(19)18(12)8-11-4-2-3-10-5-6-22-15(10)11/h2-7H,8-9H2,1H3. The molecule has 1 aliphatic rings. The van der Waals surface area contributed by atoms with E-state index in [0.717, 1.165) is 26.4 Å². The summed E-state index contributed by atoms with van der Waals surface area (Å²) in [6.45, 7) is 0.411. The lowest BCUT2D eigenvalue weighted by molar-refractivity contribution is -0.116. The Balaban J connectivity index is 1.73. The molecule has 1 aromatic carbocycles. The number of hydrogen-bond acceptors (Lipinski definition) is 6. The summed E-state index contributed by atoms with van der Waals surface area (Å²) in [6.07, 6.45) is 1.65. The maximum absolute atomic E-state index is 12.4. The largest absolute Gasteiger partial charge is 0.465 e. The molecule has 122 valence electrons. The number of rotatable bonds is 3. The molecule has 0 N–H and O–H groups in total. The Hall–Kier alpha value is -2.25. The van der Waals surface area contributed by atoms with Crippen molar-refractivity contribution in [3.63, 3.8) is 0 Å². The minimum absolute atomic E-state index is 0.0188. The summed E-state index contributed by atoms with van der Waals surface area (Å²) in [7, 11) is 1.36. The van der Waals surface area contributed by atoms with Gasteiger partial charge in [0, 0.05) is 10.9 Å². The molecule has 0 bridgehead atoms. The van der Waals surface area contributed by atoms with Crippen molar-refractivity contribution in [2.24, 2.45) is 0 Å². The molecule has 2 aromatic heterocycles. The normalized spacial score (nSPS) is 14.0. The predicted molar refractivity (Wildman–Crippen MR) is 93.8 cm³/mol. The Morgan fingerprint density at radius 2 is 2.25 bits per heavy atom. The van der Waals surface area contributed by atoms with Crippen LogP contribution < -0.4 is 4.90 Å². The Morgan fingerprint density at radius 3 is 3.08 bits per heavy atom. The molecule has 24 heavy (non-hydrogen) atoms. The van der Waals surface area contributed by atoms with Crippen molar-refractivity contribution >= 4 is 51.6 Å². The van der Waals surface area contributed by atoms with Crippen LogP contribution in [0.25, 0.3) is 11.0 Å². The van der Waals surface area contributed by atoms with Crippen LogP contribution >= 0.6 is 23.1 Å². The van der Waals surface area contributed by atoms with Crippen LogP contribution in [0.1, 0.15) is 15.2 Å². The zero-order chi connectivity index (χ0) is 16.7. The van der Waals surface area contributed by atoms with Crippen LogP contribution in [0.5, 0.6) is 0 Å². The highest BCUT2D eigenvalue weighted by molar-refractivity contribution is 8.02. The first-order chi connectivity index (χ1) is 11.7. The number of nitrogens with zero attached hydrogens (tertiary/aromatic N) is 1. The number of esters is 1. The van der Waals surface area contributed by atoms with Gasteiger partial charge in [-0.1, -0.05) is 18.2 Å². The summed E-state index contributed by atoms with van der Waals surface area (Å²) in [5, 5.41) is 1.01. The Bertz CT molecular complexity index is 943. The quantitative estimate of drug-likeness (QED) is 0.664. The summed E-state index contributed by atoms with van der Waals surface area (Å²) in [5.74, 6) is 0.00299. The van der Waals surface area contributed by atoms with Gasteiger partial charge in [0.05, 0.1) is 35.6 Å². The third kappa shape index (κ3) is 2.50. The van der Waals surface area contributed by atoms with E-state index in [9.17, 15) is 9.59 Å². The summed E-state index contributed by atoms with van der Waals surface area (Å²) in [5.41, 5.74) is 2.49. The minimum atomic E-state index is -0.379. The molecule has 0 spiro atoms. The van der Waals surface area contributed by atoms with E-state index in [1.165, 1.54) is 30.2 Å². The molecular formula is C17H13NO4S2. The lowest BCUT2D eigenvalue weighted by Crippen LogP contribution is -2.34. The molecule has 0 saturated heterocycles. The SMILES string of the molecule is COC(=O)c1cc2c(s1)SCC(=O)N2Cc1cccc2ccoc12. The molecule has 0 atom stereocenters. The molecule has 0 aliphatic carbocycles. The van der Waals surface area contributed by atoms with Gasteiger partial charge < -0.3 is 14.1 Å². The molecular weight excluding hydrogens is 346 g/mol. The van der Waals surface area contributed by atoms with Gasteiger partial charge in [0.2, 0.25) is 5.91 Å². The van der Waals surface area contributed by atoms with E-state index in [-0.39, 0.29) is 11.9 Å². The van der Waals surface area contributed by atoms with Crippen molar-refractivity contribution in [1.82, 2.24) is 0 Å². The highest BCUT2D eigenvalue weighted by atomic mass is 32.2. The average molecular weight is 359 g/mol. The number of ether oxygens (including phenoxy) is 1. The van der Waals surface area contributed by atoms with Crippen LogP contribution in [-0.4, -0.2) is 24.7 Å². The summed E-state index contributed by atoms with van der Waals surface area (Å²) >= 11 is 2.82. The number of amides is 1. The van der Waals surface area contributed by atoms with Crippen molar-refractivity contribution in [2.45, 2.75) is 10.8 Å². The number of benzene rings is 1. The fourth-order valence-electron chi connectivity index (χ4n) is 2.72. The molecule has 4 rings (SSSR count). The molecule has 7 heteroatoms. The second kappa shape index (κ2) is 5.99. The van der Waals surface area contributed by atoms with Gasteiger partial charge in [0.25, 0.3) is 0 Å². The molecule has 1 amide bonds. The number of thiophene rings is 1. The fraction of sp³-hybridized carbons (Fsp3) is 0.176. The van der Waals surface area contributed by atoms with E-state index >= 15 is 0 Å². The third-order valence-corrected chi connectivity index (χ3v) is 6.24. The number of furan rings is 1. The molecule has 0 radical (unpaired) electrons. The van der Waals surface area contributed by atoms with Crippen LogP contribution in [0, 0.1) is 0 Å². The van der Waals surface area contributed by atoms with Gasteiger partial charge in [-0.15, -0.1) is 23.1 Å². The Morgan fingerprint density at radius 1 is 1.38 bits per heavy atom. The molecule has 1 aliphatic heterocycles. The van der Waals surface area contributed by atoms with Gasteiger partial charge in [0.15, 0.2) is 0 Å². The first kappa shape index (κ1) is 15.3. The molecule has 0 unspecified atom stereocenters. The second-order valence-corrected chi connectivity index (χ2v) is 7.60. The maximum Gasteiger partial charge on any atom is 0.348 e. The Labute approximate surface area is 146 Å². The zero-order valence-corrected chi connectivity index (χ0v) is 14.4. The number of carbonyl (C=O) groups is 2. The van der Waals surface area contributed by atoms with Gasteiger partial charge >= 0.3 is 5.97 Å². The van der Waals surface area contributed by atoms with E-state index in [1.54, 1.807) is 17.2 Å². The van der Waals surface area contributed by atoms with Gasteiger partial charge in [-0.05, 0) is 12.1 Å². The number of hydrogen-bond donors (Lipinski definition) is 0. The molecule has 0 fully saturated rings. The van der Waals surface area contributed by atoms with Crippen LogP contribution in [0.4, 0.5) is 5.69 Å². The van der Waals surface area contributed by atoms with E-state index < -0.39 is 0 Å². The summed E-state index contributed by atoms with van der Waals surface area (Å²) in [4.78, 5) is 26.4. The van der Waals surface area contributed by atoms with Crippen LogP contribution in [0.2, 0.25) is 0 Å². The van der Waals surface area contributed by atoms with Gasteiger partial charge in [-0.25, -0.2) is 4.79 Å². The van der Waals surface area contributed by atoms with E-state index in [4.69, 9.17) is 9.15 Å². The Kier molecular flexibility index (Phi) is 3.82. The number of methoxy groups -OCH3 is 1. The maximum atomic E-state index is 12.4. The van der Waals surface area contributed by atoms with E-state index in [0.29, 0.717) is 17.2 Å². The van der Waals surface area contributed by atoms with E-state index in [1.807, 2.05) is 24.3 Å². The number of thioether (sulfide) groups is 1. The van der Waals surface area contributed by atoms with Gasteiger partial charge in [0.1, 0.15) is 10.5 Å². The number of para-hydroxylation sites is 1.